The number of hydrazone groups is 1. The van der Waals surface area contributed by atoms with Crippen molar-refractivity contribution < 1.29 is 18.9 Å². The molecule has 10 heteroatoms. The Bertz CT molecular complexity index is 1530. The minimum atomic E-state index is -0.614. The van der Waals surface area contributed by atoms with E-state index in [1.54, 1.807) is 29.2 Å². The van der Waals surface area contributed by atoms with Crippen LogP contribution in [-0.4, -0.2) is 50.4 Å². The lowest BCUT2D eigenvalue weighted by atomic mass is 9.94. The third-order valence-electron chi connectivity index (χ3n) is 6.44. The quantitative estimate of drug-likeness (QED) is 0.278. The summed E-state index contributed by atoms with van der Waals surface area (Å²) in [4.78, 5) is 41.6. The molecular formula is C25H19N5O5. The fraction of sp³-hybridized carbons (Fsp3) is 0.160. The van der Waals surface area contributed by atoms with E-state index in [0.29, 0.717) is 30.0 Å². The minimum Gasteiger partial charge on any atom is -0.455 e. The highest BCUT2D eigenvalue weighted by Gasteiger charge is 2.43. The Kier molecular flexibility index (Phi) is 4.73. The van der Waals surface area contributed by atoms with Gasteiger partial charge in [0.25, 0.3) is 11.6 Å². The zero-order valence-corrected chi connectivity index (χ0v) is 18.4. The van der Waals surface area contributed by atoms with Gasteiger partial charge in [0.05, 0.1) is 17.7 Å². The number of aromatic amines is 1. The molecule has 4 heterocycles. The van der Waals surface area contributed by atoms with E-state index in [-0.39, 0.29) is 24.0 Å². The summed E-state index contributed by atoms with van der Waals surface area (Å²) in [6.45, 7) is 0.210. The molecular weight excluding hydrogens is 450 g/mol. The molecule has 1 atom stereocenters. The SMILES string of the molecule is O=C1[C@@H]2Cc3c([nH]c4ccccc34)CN2C(=O)CN1/N=C\c1ccc(-c2cccc([N+](=O)[O-])c2)o1. The molecule has 10 nitrogen and oxygen atoms in total. The first-order chi connectivity index (χ1) is 17.0. The number of H-pyrrole nitrogens is 1. The van der Waals surface area contributed by atoms with Crippen molar-refractivity contribution in [1.29, 1.82) is 0 Å². The number of carbonyl (C=O) groups is 2. The molecule has 2 amide bonds. The normalized spacial score (nSPS) is 17.8. The number of nitrogens with zero attached hydrogens (tertiary/aromatic N) is 4. The Hall–Kier alpha value is -4.73. The lowest BCUT2D eigenvalue weighted by Crippen LogP contribution is -2.60. The van der Waals surface area contributed by atoms with Crippen molar-refractivity contribution in [3.63, 3.8) is 0 Å². The summed E-state index contributed by atoms with van der Waals surface area (Å²) in [6, 6.07) is 16.7. The number of non-ortho nitro benzene ring substituents is 1. The maximum Gasteiger partial charge on any atom is 0.270 e. The van der Waals surface area contributed by atoms with Crippen LogP contribution in [0.25, 0.3) is 22.2 Å². The molecule has 0 saturated carbocycles. The number of aromatic nitrogens is 1. The average Bonchev–Trinajstić information content (AvgIpc) is 3.49. The number of amides is 2. The molecule has 0 bridgehead atoms. The fourth-order valence-corrected chi connectivity index (χ4v) is 4.73. The molecule has 6 rings (SSSR count). The van der Waals surface area contributed by atoms with Gasteiger partial charge in [0, 0.05) is 40.7 Å². The second-order valence-corrected chi connectivity index (χ2v) is 8.52. The Morgan fingerprint density at radius 1 is 1.09 bits per heavy atom. The Morgan fingerprint density at radius 3 is 2.80 bits per heavy atom. The summed E-state index contributed by atoms with van der Waals surface area (Å²) < 4.78 is 5.74. The third-order valence-corrected chi connectivity index (χ3v) is 6.44. The van der Waals surface area contributed by atoms with Crippen molar-refractivity contribution >= 4 is 34.6 Å². The summed E-state index contributed by atoms with van der Waals surface area (Å²) in [5, 5.41) is 17.5. The molecule has 2 aliphatic heterocycles. The summed E-state index contributed by atoms with van der Waals surface area (Å²) in [5.74, 6) is 0.369. The van der Waals surface area contributed by atoms with E-state index in [9.17, 15) is 19.7 Å². The van der Waals surface area contributed by atoms with E-state index in [0.717, 1.165) is 22.2 Å². The molecule has 0 unspecified atom stereocenters. The van der Waals surface area contributed by atoms with E-state index >= 15 is 0 Å². The topological polar surface area (TPSA) is 125 Å². The van der Waals surface area contributed by atoms with E-state index in [1.165, 1.54) is 23.4 Å². The second kappa shape index (κ2) is 7.94. The van der Waals surface area contributed by atoms with Gasteiger partial charge in [0.1, 0.15) is 24.1 Å². The van der Waals surface area contributed by atoms with Gasteiger partial charge in [0.2, 0.25) is 5.91 Å². The number of rotatable bonds is 4. The standard InChI is InChI=1S/C25H19N5O5/c31-24-14-29(26-12-17-8-9-23(35-17)15-4-3-5-16(10-15)30(33)34)25(32)22-11-19-18-6-1-2-7-20(18)27-21(19)13-28(22)24/h1-10,12,22,27H,11,13-14H2/b26-12-/t22-/m0/s1. The first-order valence-electron chi connectivity index (χ1n) is 11.1. The Balaban J connectivity index is 1.23. The maximum absolute atomic E-state index is 13.2. The summed E-state index contributed by atoms with van der Waals surface area (Å²) >= 11 is 0. The van der Waals surface area contributed by atoms with Crippen LogP contribution in [0.5, 0.6) is 0 Å². The second-order valence-electron chi connectivity index (χ2n) is 8.52. The molecule has 0 spiro atoms. The van der Waals surface area contributed by atoms with Gasteiger partial charge in [-0.25, -0.2) is 5.01 Å². The number of carbonyl (C=O) groups excluding carboxylic acids is 2. The fourth-order valence-electron chi connectivity index (χ4n) is 4.73. The smallest absolute Gasteiger partial charge is 0.270 e. The lowest BCUT2D eigenvalue weighted by molar-refractivity contribution is -0.384. The number of piperazine rings is 1. The zero-order valence-electron chi connectivity index (χ0n) is 18.4. The number of furan rings is 1. The first-order valence-corrected chi connectivity index (χ1v) is 11.1. The minimum absolute atomic E-state index is 0.0399. The van der Waals surface area contributed by atoms with Gasteiger partial charge in [-0.2, -0.15) is 5.10 Å². The van der Waals surface area contributed by atoms with Crippen LogP contribution in [0.1, 0.15) is 17.0 Å². The van der Waals surface area contributed by atoms with Crippen LogP contribution >= 0.6 is 0 Å². The van der Waals surface area contributed by atoms with Crippen LogP contribution in [0, 0.1) is 10.1 Å². The molecule has 0 radical (unpaired) electrons. The van der Waals surface area contributed by atoms with Crippen molar-refractivity contribution in [2.45, 2.75) is 19.0 Å². The number of nitro groups is 1. The number of nitrogens with one attached hydrogen (secondary N) is 1. The van der Waals surface area contributed by atoms with Crippen molar-refractivity contribution in [1.82, 2.24) is 14.9 Å². The van der Waals surface area contributed by atoms with Gasteiger partial charge in [-0.15, -0.1) is 0 Å². The molecule has 0 aliphatic carbocycles. The first kappa shape index (κ1) is 20.8. The average molecular weight is 469 g/mol. The summed E-state index contributed by atoms with van der Waals surface area (Å²) in [7, 11) is 0. The lowest BCUT2D eigenvalue weighted by Gasteiger charge is -2.40. The number of hydrogen-bond donors (Lipinski definition) is 1. The molecule has 1 fully saturated rings. The number of hydrogen-bond acceptors (Lipinski definition) is 6. The van der Waals surface area contributed by atoms with Gasteiger partial charge in [-0.3, -0.25) is 19.7 Å². The summed E-state index contributed by atoms with van der Waals surface area (Å²) in [6.07, 6.45) is 1.80. The molecule has 174 valence electrons. The molecule has 35 heavy (non-hydrogen) atoms. The molecule has 1 N–H and O–H groups in total. The van der Waals surface area contributed by atoms with E-state index in [1.807, 2.05) is 24.3 Å². The number of para-hydroxylation sites is 1. The molecule has 2 aromatic heterocycles. The Labute approximate surface area is 198 Å². The van der Waals surface area contributed by atoms with E-state index in [2.05, 4.69) is 10.1 Å². The Morgan fingerprint density at radius 2 is 1.94 bits per heavy atom. The predicted octanol–water partition coefficient (Wildman–Crippen LogP) is 3.47. The van der Waals surface area contributed by atoms with Crippen molar-refractivity contribution in [2.75, 3.05) is 6.54 Å². The highest BCUT2D eigenvalue weighted by molar-refractivity contribution is 5.97. The molecule has 2 aromatic carbocycles. The maximum atomic E-state index is 13.2. The van der Waals surface area contributed by atoms with Gasteiger partial charge < -0.3 is 14.3 Å². The van der Waals surface area contributed by atoms with Crippen LogP contribution in [0.4, 0.5) is 5.69 Å². The largest absolute Gasteiger partial charge is 0.455 e. The van der Waals surface area contributed by atoms with Crippen LogP contribution in [0.2, 0.25) is 0 Å². The highest BCUT2D eigenvalue weighted by Crippen LogP contribution is 2.32. The van der Waals surface area contributed by atoms with Crippen LogP contribution in [0.3, 0.4) is 0 Å². The number of benzene rings is 2. The number of nitro benzene ring substituents is 1. The third kappa shape index (κ3) is 3.55. The van der Waals surface area contributed by atoms with Gasteiger partial charge >= 0.3 is 0 Å². The van der Waals surface area contributed by atoms with Crippen LogP contribution in [-0.2, 0) is 22.6 Å². The van der Waals surface area contributed by atoms with Crippen molar-refractivity contribution in [3.05, 3.63) is 87.8 Å². The molecule has 4 aromatic rings. The molecule has 1 saturated heterocycles. The van der Waals surface area contributed by atoms with Gasteiger partial charge in [-0.1, -0.05) is 30.3 Å². The van der Waals surface area contributed by atoms with Crippen LogP contribution < -0.4 is 0 Å². The molecule has 2 aliphatic rings. The van der Waals surface area contributed by atoms with Gasteiger partial charge in [0.15, 0.2) is 0 Å². The predicted molar refractivity (Wildman–Crippen MR) is 126 cm³/mol. The summed E-state index contributed by atoms with van der Waals surface area (Å²) in [5.41, 5.74) is 3.52. The number of fused-ring (bicyclic) bond motifs is 4. The van der Waals surface area contributed by atoms with E-state index in [4.69, 9.17) is 4.42 Å². The van der Waals surface area contributed by atoms with Crippen LogP contribution in [0.15, 0.2) is 70.2 Å². The van der Waals surface area contributed by atoms with Crippen molar-refractivity contribution in [3.8, 4) is 11.3 Å². The highest BCUT2D eigenvalue weighted by atomic mass is 16.6. The monoisotopic (exact) mass is 469 g/mol. The zero-order chi connectivity index (χ0) is 24.1. The van der Waals surface area contributed by atoms with Gasteiger partial charge in [-0.05, 0) is 23.8 Å². The van der Waals surface area contributed by atoms with Crippen molar-refractivity contribution in [2.24, 2.45) is 5.10 Å². The van der Waals surface area contributed by atoms with E-state index < -0.39 is 11.0 Å².